The average Bonchev–Trinajstić information content (AvgIpc) is 3.60. The average molecular weight is 437 g/mol. The van der Waals surface area contributed by atoms with Gasteiger partial charge in [-0.3, -0.25) is 4.79 Å². The van der Waals surface area contributed by atoms with E-state index in [2.05, 4.69) is 10.3 Å². The summed E-state index contributed by atoms with van der Waals surface area (Å²) < 4.78 is 39.5. The summed E-state index contributed by atoms with van der Waals surface area (Å²) in [7, 11) is -3.31. The molecule has 0 unspecified atom stereocenters. The molecule has 1 fully saturated rings. The van der Waals surface area contributed by atoms with E-state index in [4.69, 9.17) is 5.73 Å². The predicted molar refractivity (Wildman–Crippen MR) is 116 cm³/mol. The Kier molecular flexibility index (Phi) is 4.55. The number of hydrogen-bond donors (Lipinski definition) is 2. The number of carbonyl (C=O) groups is 1. The molecule has 0 atom stereocenters. The first-order valence-corrected chi connectivity index (χ1v) is 11.6. The summed E-state index contributed by atoms with van der Waals surface area (Å²) in [6.45, 7) is 0.563. The van der Waals surface area contributed by atoms with Gasteiger partial charge in [0.1, 0.15) is 5.82 Å². The molecule has 1 amide bonds. The van der Waals surface area contributed by atoms with Crippen LogP contribution in [0.1, 0.15) is 28.8 Å². The molecule has 3 aromatic rings. The Balaban J connectivity index is 1.54. The number of nitrogens with one attached hydrogen (secondary N) is 1. The number of pyridine rings is 1. The maximum atomic E-state index is 14.7. The molecule has 31 heavy (non-hydrogen) atoms. The number of carbonyl (C=O) groups excluding carboxylic acids is 1. The van der Waals surface area contributed by atoms with E-state index in [1.165, 1.54) is 12.1 Å². The van der Waals surface area contributed by atoms with Crippen LogP contribution in [-0.4, -0.2) is 31.1 Å². The van der Waals surface area contributed by atoms with E-state index in [1.54, 1.807) is 30.3 Å². The van der Waals surface area contributed by atoms with Crippen LogP contribution in [-0.2, 0) is 16.3 Å². The molecule has 1 saturated carbocycles. The van der Waals surface area contributed by atoms with Gasteiger partial charge in [-0.05, 0) is 60.2 Å². The van der Waals surface area contributed by atoms with Crippen molar-refractivity contribution < 1.29 is 17.6 Å². The number of amides is 1. The molecular formula is C23H20FN3O3S. The van der Waals surface area contributed by atoms with E-state index in [0.717, 1.165) is 11.1 Å². The van der Waals surface area contributed by atoms with Crippen LogP contribution < -0.4 is 11.1 Å². The highest BCUT2D eigenvalue weighted by molar-refractivity contribution is 7.92. The molecule has 1 aliphatic heterocycles. The van der Waals surface area contributed by atoms with Gasteiger partial charge >= 0.3 is 0 Å². The van der Waals surface area contributed by atoms with Crippen molar-refractivity contribution >= 4 is 21.6 Å². The smallest absolute Gasteiger partial charge is 0.251 e. The Morgan fingerprint density at radius 2 is 1.68 bits per heavy atom. The van der Waals surface area contributed by atoms with Gasteiger partial charge in [-0.15, -0.1) is 0 Å². The van der Waals surface area contributed by atoms with Gasteiger partial charge < -0.3 is 11.1 Å². The van der Waals surface area contributed by atoms with Crippen molar-refractivity contribution in [3.05, 3.63) is 65.6 Å². The van der Waals surface area contributed by atoms with Crippen molar-refractivity contribution in [1.82, 2.24) is 10.3 Å². The van der Waals surface area contributed by atoms with Crippen LogP contribution in [0.2, 0.25) is 0 Å². The molecule has 0 saturated heterocycles. The maximum Gasteiger partial charge on any atom is 0.251 e. The third-order valence-corrected chi connectivity index (χ3v) is 8.08. The van der Waals surface area contributed by atoms with Crippen LogP contribution in [0.3, 0.4) is 0 Å². The van der Waals surface area contributed by atoms with Gasteiger partial charge in [-0.1, -0.05) is 24.3 Å². The van der Waals surface area contributed by atoms with Crippen LogP contribution in [0.5, 0.6) is 0 Å². The third-order valence-electron chi connectivity index (χ3n) is 5.80. The van der Waals surface area contributed by atoms with Gasteiger partial charge in [-0.25, -0.2) is 13.4 Å². The van der Waals surface area contributed by atoms with E-state index in [9.17, 15) is 17.6 Å². The normalized spacial score (nSPS) is 16.0. The largest absolute Gasteiger partial charge is 0.383 e. The molecule has 1 aliphatic carbocycles. The third kappa shape index (κ3) is 3.46. The standard InChI is InChI=1S/C23H20FN3O3S/c24-21-19(13-1-4-16(5-2-13)31(29,30)17-6-7-17)12-20(22(25)27-21)14-3-8-18-15(11-14)9-10-26-23(18)28/h1-5,8,11-12,17H,6-7,9-10H2,(H2,25,27)(H,26,28). The molecule has 0 bridgehead atoms. The monoisotopic (exact) mass is 437 g/mol. The van der Waals surface area contributed by atoms with Crippen LogP contribution in [0.15, 0.2) is 53.4 Å². The van der Waals surface area contributed by atoms with Crippen molar-refractivity contribution in [2.75, 3.05) is 12.3 Å². The van der Waals surface area contributed by atoms with Crippen LogP contribution >= 0.6 is 0 Å². The number of anilines is 1. The number of nitrogens with two attached hydrogens (primary N) is 1. The second-order valence-corrected chi connectivity index (χ2v) is 10.1. The van der Waals surface area contributed by atoms with E-state index < -0.39 is 15.8 Å². The number of benzene rings is 2. The van der Waals surface area contributed by atoms with Gasteiger partial charge in [0.05, 0.1) is 10.1 Å². The van der Waals surface area contributed by atoms with Gasteiger partial charge in [0, 0.05) is 23.2 Å². The lowest BCUT2D eigenvalue weighted by Gasteiger charge is -2.18. The van der Waals surface area contributed by atoms with E-state index in [-0.39, 0.29) is 27.4 Å². The van der Waals surface area contributed by atoms with Gasteiger partial charge in [0.25, 0.3) is 5.91 Å². The first kappa shape index (κ1) is 19.7. The highest BCUT2D eigenvalue weighted by atomic mass is 32.2. The first-order valence-electron chi connectivity index (χ1n) is 10.1. The molecule has 0 spiro atoms. The molecule has 3 N–H and O–H groups in total. The molecule has 1 aromatic heterocycles. The fourth-order valence-corrected chi connectivity index (χ4v) is 5.59. The molecule has 0 radical (unpaired) electrons. The molecular weight excluding hydrogens is 417 g/mol. The summed E-state index contributed by atoms with van der Waals surface area (Å²) in [6, 6.07) is 13.2. The molecule has 6 nitrogen and oxygen atoms in total. The zero-order chi connectivity index (χ0) is 21.8. The first-order chi connectivity index (χ1) is 14.8. The highest BCUT2D eigenvalue weighted by Gasteiger charge is 2.36. The predicted octanol–water partition coefficient (Wildman–Crippen LogP) is 3.36. The van der Waals surface area contributed by atoms with E-state index >= 15 is 0 Å². The fraction of sp³-hybridized carbons (Fsp3) is 0.217. The summed E-state index contributed by atoms with van der Waals surface area (Å²) in [4.78, 5) is 16.1. The van der Waals surface area contributed by atoms with Crippen molar-refractivity contribution in [2.45, 2.75) is 29.4 Å². The van der Waals surface area contributed by atoms with Crippen LogP contribution in [0.4, 0.5) is 10.2 Å². The number of sulfone groups is 1. The lowest BCUT2D eigenvalue weighted by molar-refractivity contribution is 0.0946. The van der Waals surface area contributed by atoms with Crippen molar-refractivity contribution in [2.24, 2.45) is 0 Å². The van der Waals surface area contributed by atoms with E-state index in [0.29, 0.717) is 42.5 Å². The summed E-state index contributed by atoms with van der Waals surface area (Å²) in [5.74, 6) is -0.786. The topological polar surface area (TPSA) is 102 Å². The minimum Gasteiger partial charge on any atom is -0.383 e. The number of halogens is 1. The lowest BCUT2D eigenvalue weighted by atomic mass is 9.94. The maximum absolute atomic E-state index is 14.7. The number of nitrogens with zero attached hydrogens (tertiary/aromatic N) is 1. The Labute approximate surface area is 179 Å². The Hall–Kier alpha value is -3.26. The highest BCUT2D eigenvalue weighted by Crippen LogP contribution is 2.36. The molecule has 5 rings (SSSR count). The van der Waals surface area contributed by atoms with Crippen molar-refractivity contribution in [3.8, 4) is 22.3 Å². The summed E-state index contributed by atoms with van der Waals surface area (Å²) in [6.07, 6.45) is 2.08. The quantitative estimate of drug-likeness (QED) is 0.610. The summed E-state index contributed by atoms with van der Waals surface area (Å²) in [5.41, 5.74) is 9.58. The van der Waals surface area contributed by atoms with Crippen LogP contribution in [0, 0.1) is 5.95 Å². The Morgan fingerprint density at radius 3 is 2.39 bits per heavy atom. The Morgan fingerprint density at radius 1 is 0.968 bits per heavy atom. The summed E-state index contributed by atoms with van der Waals surface area (Å²) in [5, 5.41) is 2.50. The number of hydrogen-bond acceptors (Lipinski definition) is 5. The van der Waals surface area contributed by atoms with E-state index in [1.807, 2.05) is 6.07 Å². The minimum atomic E-state index is -3.31. The molecule has 2 aliphatic rings. The second kappa shape index (κ2) is 7.16. The SMILES string of the molecule is Nc1nc(F)c(-c2ccc(S(=O)(=O)C3CC3)cc2)cc1-c1ccc2c(c1)CCNC2=O. The second-order valence-electron chi connectivity index (χ2n) is 7.91. The van der Waals surface area contributed by atoms with Gasteiger partial charge in [0.15, 0.2) is 9.84 Å². The fourth-order valence-electron chi connectivity index (χ4n) is 3.93. The minimum absolute atomic E-state index is 0.0504. The van der Waals surface area contributed by atoms with Gasteiger partial charge in [-0.2, -0.15) is 4.39 Å². The van der Waals surface area contributed by atoms with Crippen molar-refractivity contribution in [1.29, 1.82) is 0 Å². The number of aromatic nitrogens is 1. The molecule has 2 aromatic carbocycles. The molecule has 158 valence electrons. The Bertz CT molecular complexity index is 1320. The number of nitrogen functional groups attached to an aromatic ring is 1. The van der Waals surface area contributed by atoms with Crippen LogP contribution in [0.25, 0.3) is 22.3 Å². The lowest BCUT2D eigenvalue weighted by Crippen LogP contribution is -2.31. The zero-order valence-electron chi connectivity index (χ0n) is 16.6. The van der Waals surface area contributed by atoms with Gasteiger partial charge in [0.2, 0.25) is 5.95 Å². The number of fused-ring (bicyclic) bond motifs is 1. The summed E-state index contributed by atoms with van der Waals surface area (Å²) >= 11 is 0. The van der Waals surface area contributed by atoms with Crippen molar-refractivity contribution in [3.63, 3.8) is 0 Å². The molecule has 8 heteroatoms. The number of rotatable bonds is 4. The zero-order valence-corrected chi connectivity index (χ0v) is 17.4. The molecule has 2 heterocycles.